The standard InChI is InChI=1S/C17H21ClF2N4O/c1-21-17(24(3)11-14-8-13(18)10-23(14)2)22-9-12-6-4-5-7-15(12)25-16(19)20/h4-8,10,16H,9,11H2,1-3H3,(H,21,22). The van der Waals surface area contributed by atoms with E-state index in [1.54, 1.807) is 25.2 Å². The zero-order valence-corrected chi connectivity index (χ0v) is 15.1. The van der Waals surface area contributed by atoms with Crippen LogP contribution in [0.2, 0.25) is 5.02 Å². The lowest BCUT2D eigenvalue weighted by Gasteiger charge is -2.23. The highest BCUT2D eigenvalue weighted by molar-refractivity contribution is 6.30. The molecular weight excluding hydrogens is 350 g/mol. The van der Waals surface area contributed by atoms with Gasteiger partial charge in [-0.2, -0.15) is 8.78 Å². The molecule has 0 atom stereocenters. The maximum atomic E-state index is 12.5. The third-order valence-electron chi connectivity index (χ3n) is 3.67. The van der Waals surface area contributed by atoms with E-state index < -0.39 is 6.61 Å². The SMILES string of the molecule is CN=C(NCc1ccccc1OC(F)F)N(C)Cc1cc(Cl)cn1C. The average molecular weight is 371 g/mol. The van der Waals surface area contributed by atoms with Crippen molar-refractivity contribution in [2.75, 3.05) is 14.1 Å². The quantitative estimate of drug-likeness (QED) is 0.625. The Morgan fingerprint density at radius 2 is 2.12 bits per heavy atom. The molecule has 0 aliphatic carbocycles. The Kier molecular flexibility index (Phi) is 6.64. The molecule has 0 bridgehead atoms. The number of para-hydroxylation sites is 1. The zero-order valence-electron chi connectivity index (χ0n) is 14.3. The van der Waals surface area contributed by atoms with Gasteiger partial charge in [0.15, 0.2) is 5.96 Å². The summed E-state index contributed by atoms with van der Waals surface area (Å²) in [6, 6.07) is 8.56. The topological polar surface area (TPSA) is 41.8 Å². The van der Waals surface area contributed by atoms with Gasteiger partial charge in [-0.05, 0) is 12.1 Å². The molecule has 0 saturated heterocycles. The highest BCUT2D eigenvalue weighted by atomic mass is 35.5. The second kappa shape index (κ2) is 8.71. The summed E-state index contributed by atoms with van der Waals surface area (Å²) in [5.41, 5.74) is 1.65. The van der Waals surface area contributed by atoms with Gasteiger partial charge >= 0.3 is 6.61 Å². The van der Waals surface area contributed by atoms with Crippen LogP contribution in [-0.2, 0) is 20.1 Å². The molecular formula is C17H21ClF2N4O. The number of aliphatic imine (C=N–C) groups is 1. The summed E-state index contributed by atoms with van der Waals surface area (Å²) in [6.07, 6.45) is 1.83. The molecule has 25 heavy (non-hydrogen) atoms. The molecule has 1 aromatic heterocycles. The largest absolute Gasteiger partial charge is 0.434 e. The normalized spacial score (nSPS) is 11.7. The summed E-state index contributed by atoms with van der Waals surface area (Å²) in [6.45, 7) is -1.95. The van der Waals surface area contributed by atoms with Gasteiger partial charge in [-0.15, -0.1) is 0 Å². The van der Waals surface area contributed by atoms with Crippen molar-refractivity contribution in [2.24, 2.45) is 12.0 Å². The fraction of sp³-hybridized carbons (Fsp3) is 0.353. The van der Waals surface area contributed by atoms with Gasteiger partial charge in [0, 0.05) is 45.1 Å². The summed E-state index contributed by atoms with van der Waals surface area (Å²) in [5.74, 6) is 0.779. The number of aryl methyl sites for hydroxylation is 1. The summed E-state index contributed by atoms with van der Waals surface area (Å²) in [4.78, 5) is 6.15. The summed E-state index contributed by atoms with van der Waals surface area (Å²) < 4.78 is 31.5. The minimum absolute atomic E-state index is 0.150. The number of guanidine groups is 1. The van der Waals surface area contributed by atoms with E-state index in [4.69, 9.17) is 11.6 Å². The van der Waals surface area contributed by atoms with E-state index in [1.165, 1.54) is 6.07 Å². The maximum Gasteiger partial charge on any atom is 0.387 e. The van der Waals surface area contributed by atoms with Gasteiger partial charge in [-0.1, -0.05) is 29.8 Å². The number of benzene rings is 1. The fourth-order valence-corrected chi connectivity index (χ4v) is 2.73. The van der Waals surface area contributed by atoms with Crippen molar-refractivity contribution in [3.63, 3.8) is 0 Å². The third-order valence-corrected chi connectivity index (χ3v) is 3.88. The highest BCUT2D eigenvalue weighted by Crippen LogP contribution is 2.20. The van der Waals surface area contributed by atoms with E-state index in [-0.39, 0.29) is 5.75 Å². The molecule has 0 spiro atoms. The van der Waals surface area contributed by atoms with Gasteiger partial charge in [-0.25, -0.2) is 0 Å². The molecule has 0 amide bonds. The molecule has 1 N–H and O–H groups in total. The Morgan fingerprint density at radius 1 is 1.40 bits per heavy atom. The van der Waals surface area contributed by atoms with E-state index in [1.807, 2.05) is 35.8 Å². The van der Waals surface area contributed by atoms with E-state index >= 15 is 0 Å². The van der Waals surface area contributed by atoms with Crippen LogP contribution in [-0.4, -0.2) is 36.1 Å². The number of rotatable bonds is 6. The number of hydrogen-bond donors (Lipinski definition) is 1. The summed E-state index contributed by atoms with van der Waals surface area (Å²) >= 11 is 6.00. The lowest BCUT2D eigenvalue weighted by molar-refractivity contribution is -0.0504. The number of alkyl halides is 2. The minimum atomic E-state index is -2.86. The van der Waals surface area contributed by atoms with Crippen LogP contribution in [0.3, 0.4) is 0 Å². The van der Waals surface area contributed by atoms with Crippen molar-refractivity contribution in [3.8, 4) is 5.75 Å². The maximum absolute atomic E-state index is 12.5. The number of hydrogen-bond acceptors (Lipinski definition) is 2. The van der Waals surface area contributed by atoms with Crippen LogP contribution in [0, 0.1) is 0 Å². The summed E-state index contributed by atoms with van der Waals surface area (Å²) in [7, 11) is 5.47. The van der Waals surface area contributed by atoms with Crippen LogP contribution in [0.1, 0.15) is 11.3 Å². The Morgan fingerprint density at radius 3 is 2.72 bits per heavy atom. The molecule has 0 unspecified atom stereocenters. The zero-order chi connectivity index (χ0) is 18.4. The first-order chi connectivity index (χ1) is 11.9. The van der Waals surface area contributed by atoms with Gasteiger partial charge in [0.05, 0.1) is 11.6 Å². The predicted octanol–water partition coefficient (Wildman–Crippen LogP) is 3.49. The predicted molar refractivity (Wildman–Crippen MR) is 95.2 cm³/mol. The first kappa shape index (κ1) is 19.1. The van der Waals surface area contributed by atoms with Crippen LogP contribution in [0.25, 0.3) is 0 Å². The van der Waals surface area contributed by atoms with Crippen molar-refractivity contribution in [3.05, 3.63) is 52.8 Å². The monoisotopic (exact) mass is 370 g/mol. The first-order valence-electron chi connectivity index (χ1n) is 7.66. The van der Waals surface area contributed by atoms with Gasteiger partial charge in [0.2, 0.25) is 0 Å². The number of halogens is 3. The van der Waals surface area contributed by atoms with Crippen molar-refractivity contribution in [1.29, 1.82) is 0 Å². The number of aromatic nitrogens is 1. The smallest absolute Gasteiger partial charge is 0.387 e. The lowest BCUT2D eigenvalue weighted by Crippen LogP contribution is -2.38. The van der Waals surface area contributed by atoms with Gasteiger partial charge in [-0.3, -0.25) is 4.99 Å². The minimum Gasteiger partial charge on any atom is -0.434 e. The molecule has 0 aliphatic rings. The van der Waals surface area contributed by atoms with Gasteiger partial charge < -0.3 is 19.5 Å². The Bertz CT molecular complexity index is 733. The number of nitrogens with zero attached hydrogens (tertiary/aromatic N) is 3. The summed E-state index contributed by atoms with van der Waals surface area (Å²) in [5, 5.41) is 3.83. The van der Waals surface area contributed by atoms with Gasteiger partial charge in [0.1, 0.15) is 5.75 Å². The molecule has 8 heteroatoms. The van der Waals surface area contributed by atoms with Crippen molar-refractivity contribution in [1.82, 2.24) is 14.8 Å². The third kappa shape index (κ3) is 5.35. The van der Waals surface area contributed by atoms with Crippen LogP contribution in [0.4, 0.5) is 8.78 Å². The second-order valence-corrected chi connectivity index (χ2v) is 5.94. The van der Waals surface area contributed by atoms with Crippen LogP contribution in [0.15, 0.2) is 41.5 Å². The van der Waals surface area contributed by atoms with Gasteiger partial charge in [0.25, 0.3) is 0 Å². The fourth-order valence-electron chi connectivity index (χ4n) is 2.46. The van der Waals surface area contributed by atoms with E-state index in [0.717, 1.165) is 5.69 Å². The Balaban J connectivity index is 2.02. The molecule has 0 saturated carbocycles. The molecule has 0 aliphatic heterocycles. The van der Waals surface area contributed by atoms with Crippen LogP contribution in [0.5, 0.6) is 5.75 Å². The van der Waals surface area contributed by atoms with Crippen molar-refractivity contribution in [2.45, 2.75) is 19.7 Å². The molecule has 1 aromatic carbocycles. The average Bonchev–Trinajstić information content (AvgIpc) is 2.86. The molecule has 136 valence electrons. The van der Waals surface area contributed by atoms with Crippen molar-refractivity contribution < 1.29 is 13.5 Å². The highest BCUT2D eigenvalue weighted by Gasteiger charge is 2.12. The lowest BCUT2D eigenvalue weighted by atomic mass is 10.2. The first-order valence-corrected chi connectivity index (χ1v) is 8.03. The molecule has 0 fully saturated rings. The van der Waals surface area contributed by atoms with Crippen molar-refractivity contribution >= 4 is 17.6 Å². The molecule has 0 radical (unpaired) electrons. The number of ether oxygens (including phenoxy) is 1. The molecule has 2 rings (SSSR count). The van der Waals surface area contributed by atoms with E-state index in [2.05, 4.69) is 15.0 Å². The van der Waals surface area contributed by atoms with Crippen LogP contribution < -0.4 is 10.1 Å². The second-order valence-electron chi connectivity index (χ2n) is 5.50. The molecule has 5 nitrogen and oxygen atoms in total. The Hall–Kier alpha value is -2.28. The van der Waals surface area contributed by atoms with E-state index in [9.17, 15) is 8.78 Å². The van der Waals surface area contributed by atoms with Crippen LogP contribution >= 0.6 is 11.6 Å². The number of nitrogens with one attached hydrogen (secondary N) is 1. The van der Waals surface area contributed by atoms with E-state index in [0.29, 0.717) is 29.6 Å². The molecule has 2 aromatic rings. The molecule has 1 heterocycles. The Labute approximate surface area is 150 Å².